The molecule has 0 spiro atoms. The van der Waals surface area contributed by atoms with Crippen LogP contribution in [0.5, 0.6) is 0 Å². The number of carbonyl (C=O) groups is 1. The minimum Gasteiger partial charge on any atom is -0.396 e. The van der Waals surface area contributed by atoms with Crippen LogP contribution in [0.2, 0.25) is 0 Å². The molecule has 0 aliphatic rings. The molecule has 0 aliphatic heterocycles. The van der Waals surface area contributed by atoms with Gasteiger partial charge in [-0.05, 0) is 18.9 Å². The Hall–Kier alpha value is -1.61. The van der Waals surface area contributed by atoms with E-state index in [9.17, 15) is 4.79 Å². The van der Waals surface area contributed by atoms with Crippen molar-refractivity contribution in [1.82, 2.24) is 5.32 Å². The highest BCUT2D eigenvalue weighted by molar-refractivity contribution is 5.76. The zero-order valence-electron chi connectivity index (χ0n) is 10.8. The average Bonchev–Trinajstić information content (AvgIpc) is 2.41. The van der Waals surface area contributed by atoms with Gasteiger partial charge >= 0.3 is 0 Å². The third-order valence-corrected chi connectivity index (χ3v) is 2.99. The van der Waals surface area contributed by atoms with Gasteiger partial charge in [0.15, 0.2) is 0 Å². The largest absolute Gasteiger partial charge is 0.396 e. The normalized spacial score (nSPS) is 13.7. The molecule has 2 N–H and O–H groups in total. The number of carbonyl (C=O) groups excluding carboxylic acids is 1. The van der Waals surface area contributed by atoms with E-state index in [1.54, 1.807) is 6.08 Å². The highest BCUT2D eigenvalue weighted by Crippen LogP contribution is 2.12. The van der Waals surface area contributed by atoms with Crippen molar-refractivity contribution < 1.29 is 9.90 Å². The monoisotopic (exact) mass is 247 g/mol. The summed E-state index contributed by atoms with van der Waals surface area (Å²) in [6.07, 6.45) is 2.73. The van der Waals surface area contributed by atoms with Crippen LogP contribution in [0.3, 0.4) is 0 Å². The van der Waals surface area contributed by atoms with Crippen LogP contribution in [-0.2, 0) is 4.79 Å². The Bertz CT molecular complexity index is 375. The zero-order valence-corrected chi connectivity index (χ0v) is 10.8. The Morgan fingerprint density at radius 1 is 1.44 bits per heavy atom. The van der Waals surface area contributed by atoms with Crippen molar-refractivity contribution in [3.8, 4) is 0 Å². The topological polar surface area (TPSA) is 49.3 Å². The summed E-state index contributed by atoms with van der Waals surface area (Å²) in [6, 6.07) is 9.86. The first-order valence-corrected chi connectivity index (χ1v) is 6.25. The number of benzene rings is 1. The molecule has 0 saturated carbocycles. The van der Waals surface area contributed by atoms with Gasteiger partial charge < -0.3 is 10.4 Å². The lowest BCUT2D eigenvalue weighted by Gasteiger charge is -2.15. The number of aliphatic hydroxyl groups excluding tert-OH is 1. The molecule has 0 heterocycles. The quantitative estimate of drug-likeness (QED) is 0.727. The first-order valence-electron chi connectivity index (χ1n) is 6.25. The fraction of sp³-hybridized carbons (Fsp3) is 0.400. The summed E-state index contributed by atoms with van der Waals surface area (Å²) < 4.78 is 0. The van der Waals surface area contributed by atoms with Gasteiger partial charge in [-0.25, -0.2) is 0 Å². The van der Waals surface area contributed by atoms with E-state index in [1.165, 1.54) is 0 Å². The predicted octanol–water partition coefficient (Wildman–Crippen LogP) is 2.44. The van der Waals surface area contributed by atoms with Gasteiger partial charge in [-0.3, -0.25) is 4.79 Å². The summed E-state index contributed by atoms with van der Waals surface area (Å²) in [7, 11) is 0. The molecule has 98 valence electrons. The van der Waals surface area contributed by atoms with Gasteiger partial charge in [0.2, 0.25) is 5.91 Å². The fourth-order valence-corrected chi connectivity index (χ4v) is 1.74. The van der Waals surface area contributed by atoms with Crippen molar-refractivity contribution >= 4 is 5.91 Å². The maximum atomic E-state index is 11.7. The second kappa shape index (κ2) is 7.67. The van der Waals surface area contributed by atoms with Crippen molar-refractivity contribution in [3.63, 3.8) is 0 Å². The number of amides is 1. The highest BCUT2D eigenvalue weighted by Gasteiger charge is 2.11. The molecule has 0 saturated heterocycles. The van der Waals surface area contributed by atoms with E-state index in [0.29, 0.717) is 12.8 Å². The molecular weight excluding hydrogens is 226 g/mol. The molecule has 1 aromatic carbocycles. The first-order chi connectivity index (χ1) is 8.67. The van der Waals surface area contributed by atoms with Gasteiger partial charge in [0.25, 0.3) is 0 Å². The number of rotatable bonds is 7. The number of hydrogen-bond donors (Lipinski definition) is 2. The van der Waals surface area contributed by atoms with E-state index in [1.807, 2.05) is 37.3 Å². The van der Waals surface area contributed by atoms with E-state index in [-0.39, 0.29) is 24.5 Å². The van der Waals surface area contributed by atoms with Crippen molar-refractivity contribution in [3.05, 3.63) is 48.6 Å². The van der Waals surface area contributed by atoms with Crippen LogP contribution < -0.4 is 5.32 Å². The molecule has 0 aromatic heterocycles. The molecule has 0 bridgehead atoms. The van der Waals surface area contributed by atoms with Crippen LogP contribution in [0.4, 0.5) is 0 Å². The molecule has 1 aromatic rings. The molecule has 2 atom stereocenters. The standard InChI is InChI=1S/C15H21NO2/c1-3-13(11-17)9-10-15(18)16-12(2)14-7-5-4-6-8-14/h3-8,12-13,17H,1,9-11H2,2H3,(H,16,18)/t12-,13+/m0/s1. The average molecular weight is 247 g/mol. The van der Waals surface area contributed by atoms with Crippen LogP contribution in [0.1, 0.15) is 31.4 Å². The summed E-state index contributed by atoms with van der Waals surface area (Å²) in [5, 5.41) is 11.9. The van der Waals surface area contributed by atoms with Crippen LogP contribution in [0.25, 0.3) is 0 Å². The SMILES string of the molecule is C=C[C@@H](CO)CCC(=O)N[C@@H](C)c1ccccc1. The molecule has 0 fully saturated rings. The second-order valence-corrected chi connectivity index (χ2v) is 4.42. The van der Waals surface area contributed by atoms with Crippen LogP contribution in [-0.4, -0.2) is 17.6 Å². The molecule has 0 aliphatic carbocycles. The number of nitrogens with one attached hydrogen (secondary N) is 1. The lowest BCUT2D eigenvalue weighted by atomic mass is 10.0. The smallest absolute Gasteiger partial charge is 0.220 e. The minimum atomic E-state index is 0.00258. The first kappa shape index (κ1) is 14.5. The fourth-order valence-electron chi connectivity index (χ4n) is 1.74. The van der Waals surface area contributed by atoms with Gasteiger partial charge in [0, 0.05) is 18.9 Å². The zero-order chi connectivity index (χ0) is 13.4. The van der Waals surface area contributed by atoms with Gasteiger partial charge in [0.05, 0.1) is 6.04 Å². The Labute approximate surface area is 109 Å². The maximum absolute atomic E-state index is 11.7. The summed E-state index contributed by atoms with van der Waals surface area (Å²) in [5.41, 5.74) is 1.09. The maximum Gasteiger partial charge on any atom is 0.220 e. The third-order valence-electron chi connectivity index (χ3n) is 2.99. The predicted molar refractivity (Wildman–Crippen MR) is 73.0 cm³/mol. The van der Waals surface area contributed by atoms with Crippen molar-refractivity contribution in [2.24, 2.45) is 5.92 Å². The molecule has 0 unspecified atom stereocenters. The molecule has 0 radical (unpaired) electrons. The molecule has 3 heteroatoms. The van der Waals surface area contributed by atoms with Crippen LogP contribution in [0, 0.1) is 5.92 Å². The summed E-state index contributed by atoms with van der Waals surface area (Å²) in [5.74, 6) is 0.00874. The van der Waals surface area contributed by atoms with Gasteiger partial charge in [-0.1, -0.05) is 36.4 Å². The molecule has 1 amide bonds. The highest BCUT2D eigenvalue weighted by atomic mass is 16.3. The van der Waals surface area contributed by atoms with Crippen molar-refractivity contribution in [1.29, 1.82) is 0 Å². The van der Waals surface area contributed by atoms with Gasteiger partial charge in [0.1, 0.15) is 0 Å². The van der Waals surface area contributed by atoms with Crippen LogP contribution >= 0.6 is 0 Å². The lowest BCUT2D eigenvalue weighted by Crippen LogP contribution is -2.27. The Balaban J connectivity index is 2.38. The minimum absolute atomic E-state index is 0.00258. The van der Waals surface area contributed by atoms with E-state index >= 15 is 0 Å². The summed E-state index contributed by atoms with van der Waals surface area (Å²) >= 11 is 0. The molecule has 1 rings (SSSR count). The Morgan fingerprint density at radius 2 is 2.11 bits per heavy atom. The van der Waals surface area contributed by atoms with Crippen molar-refractivity contribution in [2.45, 2.75) is 25.8 Å². The van der Waals surface area contributed by atoms with Gasteiger partial charge in [-0.2, -0.15) is 0 Å². The lowest BCUT2D eigenvalue weighted by molar-refractivity contribution is -0.122. The van der Waals surface area contributed by atoms with E-state index in [2.05, 4.69) is 11.9 Å². The molecule has 3 nitrogen and oxygen atoms in total. The van der Waals surface area contributed by atoms with E-state index < -0.39 is 0 Å². The Kier molecular flexibility index (Phi) is 6.15. The molecular formula is C15H21NO2. The Morgan fingerprint density at radius 3 is 2.67 bits per heavy atom. The van der Waals surface area contributed by atoms with Crippen molar-refractivity contribution in [2.75, 3.05) is 6.61 Å². The van der Waals surface area contributed by atoms with E-state index in [4.69, 9.17) is 5.11 Å². The van der Waals surface area contributed by atoms with Crippen LogP contribution in [0.15, 0.2) is 43.0 Å². The summed E-state index contributed by atoms with van der Waals surface area (Å²) in [4.78, 5) is 11.7. The number of aliphatic hydroxyl groups is 1. The van der Waals surface area contributed by atoms with Gasteiger partial charge in [-0.15, -0.1) is 6.58 Å². The second-order valence-electron chi connectivity index (χ2n) is 4.42. The van der Waals surface area contributed by atoms with E-state index in [0.717, 1.165) is 5.56 Å². The number of hydrogen-bond acceptors (Lipinski definition) is 2. The third kappa shape index (κ3) is 4.72. The molecule has 18 heavy (non-hydrogen) atoms. The summed E-state index contributed by atoms with van der Waals surface area (Å²) in [6.45, 7) is 5.64.